The molecule has 1 aromatic rings. The van der Waals surface area contributed by atoms with Crippen molar-refractivity contribution in [2.75, 3.05) is 14.2 Å². The van der Waals surface area contributed by atoms with Crippen LogP contribution in [0.1, 0.15) is 25.5 Å². The van der Waals surface area contributed by atoms with Crippen LogP contribution in [0.2, 0.25) is 0 Å². The summed E-state index contributed by atoms with van der Waals surface area (Å²) in [6.45, 7) is 3.95. The van der Waals surface area contributed by atoms with Crippen LogP contribution in [0.3, 0.4) is 0 Å². The first-order valence-corrected chi connectivity index (χ1v) is 5.21. The summed E-state index contributed by atoms with van der Waals surface area (Å²) in [5, 5.41) is 0. The smallest absolute Gasteiger partial charge is 0.123 e. The molecule has 0 aliphatic carbocycles. The van der Waals surface area contributed by atoms with E-state index in [-0.39, 0.29) is 6.04 Å². The van der Waals surface area contributed by atoms with E-state index in [1.54, 1.807) is 14.2 Å². The van der Waals surface area contributed by atoms with Crippen molar-refractivity contribution in [3.63, 3.8) is 0 Å². The summed E-state index contributed by atoms with van der Waals surface area (Å²) in [5.41, 5.74) is 3.35. The summed E-state index contributed by atoms with van der Waals surface area (Å²) in [6.07, 6.45) is 0. The highest BCUT2D eigenvalue weighted by molar-refractivity contribution is 5.37. The minimum Gasteiger partial charge on any atom is -0.496 e. The quantitative estimate of drug-likeness (QED) is 0.589. The van der Waals surface area contributed by atoms with E-state index in [0.29, 0.717) is 0 Å². The van der Waals surface area contributed by atoms with Crippen molar-refractivity contribution in [2.24, 2.45) is 5.84 Å². The number of nitrogens with one attached hydrogen (secondary N) is 1. The van der Waals surface area contributed by atoms with Gasteiger partial charge in [0.15, 0.2) is 0 Å². The Morgan fingerprint density at radius 3 is 2.38 bits per heavy atom. The number of hydrogen-bond donors (Lipinski definition) is 2. The van der Waals surface area contributed by atoms with Crippen molar-refractivity contribution in [3.8, 4) is 5.75 Å². The summed E-state index contributed by atoms with van der Waals surface area (Å²) in [7, 11) is 3.31. The van der Waals surface area contributed by atoms with E-state index in [4.69, 9.17) is 15.3 Å². The Bertz CT molecular complexity index is 340. The number of nitrogens with two attached hydrogens (primary N) is 1. The molecular weight excluding hydrogens is 204 g/mol. The molecule has 0 fully saturated rings. The highest BCUT2D eigenvalue weighted by Gasteiger charge is 2.31. The Labute approximate surface area is 96.7 Å². The number of para-hydroxylation sites is 1. The Hall–Kier alpha value is -1.10. The van der Waals surface area contributed by atoms with E-state index < -0.39 is 5.60 Å². The van der Waals surface area contributed by atoms with Crippen LogP contribution in [0.4, 0.5) is 0 Å². The van der Waals surface area contributed by atoms with Gasteiger partial charge in [0.25, 0.3) is 0 Å². The molecule has 0 aliphatic heterocycles. The molecule has 90 valence electrons. The summed E-state index contributed by atoms with van der Waals surface area (Å²) in [5.74, 6) is 6.41. The van der Waals surface area contributed by atoms with Crippen LogP contribution in [-0.2, 0) is 4.74 Å². The lowest BCUT2D eigenvalue weighted by Crippen LogP contribution is -2.44. The summed E-state index contributed by atoms with van der Waals surface area (Å²) < 4.78 is 10.8. The van der Waals surface area contributed by atoms with Gasteiger partial charge in [-0.1, -0.05) is 18.2 Å². The molecule has 1 aromatic carbocycles. The lowest BCUT2D eigenvalue weighted by Gasteiger charge is -2.33. The lowest BCUT2D eigenvalue weighted by molar-refractivity contribution is -0.0117. The van der Waals surface area contributed by atoms with Gasteiger partial charge in [-0.3, -0.25) is 5.84 Å². The number of ether oxygens (including phenoxy) is 2. The minimum absolute atomic E-state index is 0.131. The van der Waals surface area contributed by atoms with E-state index in [1.807, 2.05) is 38.1 Å². The van der Waals surface area contributed by atoms with Crippen molar-refractivity contribution in [3.05, 3.63) is 29.8 Å². The van der Waals surface area contributed by atoms with Gasteiger partial charge in [-0.2, -0.15) is 0 Å². The number of hydrazine groups is 1. The van der Waals surface area contributed by atoms with E-state index >= 15 is 0 Å². The van der Waals surface area contributed by atoms with Crippen molar-refractivity contribution in [2.45, 2.75) is 25.5 Å². The molecule has 1 unspecified atom stereocenters. The summed E-state index contributed by atoms with van der Waals surface area (Å²) >= 11 is 0. The average molecular weight is 224 g/mol. The van der Waals surface area contributed by atoms with Crippen LogP contribution in [0.15, 0.2) is 24.3 Å². The zero-order valence-corrected chi connectivity index (χ0v) is 10.3. The fourth-order valence-corrected chi connectivity index (χ4v) is 1.69. The third-order valence-electron chi connectivity index (χ3n) is 2.84. The fraction of sp³-hybridized carbons (Fsp3) is 0.500. The topological polar surface area (TPSA) is 56.5 Å². The van der Waals surface area contributed by atoms with E-state index in [9.17, 15) is 0 Å². The highest BCUT2D eigenvalue weighted by Crippen LogP contribution is 2.33. The summed E-state index contributed by atoms with van der Waals surface area (Å²) in [6, 6.07) is 7.63. The van der Waals surface area contributed by atoms with E-state index in [2.05, 4.69) is 5.43 Å². The van der Waals surface area contributed by atoms with Gasteiger partial charge in [-0.15, -0.1) is 0 Å². The first-order chi connectivity index (χ1) is 7.56. The average Bonchev–Trinajstić information content (AvgIpc) is 2.30. The van der Waals surface area contributed by atoms with Crippen LogP contribution in [0, 0.1) is 0 Å². The van der Waals surface area contributed by atoms with Gasteiger partial charge < -0.3 is 9.47 Å². The van der Waals surface area contributed by atoms with Gasteiger partial charge in [0, 0.05) is 12.7 Å². The second kappa shape index (κ2) is 5.30. The van der Waals surface area contributed by atoms with Crippen molar-refractivity contribution < 1.29 is 9.47 Å². The van der Waals surface area contributed by atoms with Crippen LogP contribution >= 0.6 is 0 Å². The molecule has 0 saturated carbocycles. The molecule has 4 nitrogen and oxygen atoms in total. The van der Waals surface area contributed by atoms with E-state index in [1.165, 1.54) is 0 Å². The first kappa shape index (κ1) is 13.0. The SMILES string of the molecule is COc1ccccc1C(NN)C(C)(C)OC. The van der Waals surface area contributed by atoms with E-state index in [0.717, 1.165) is 11.3 Å². The maximum Gasteiger partial charge on any atom is 0.123 e. The molecule has 0 amide bonds. The third-order valence-corrected chi connectivity index (χ3v) is 2.84. The molecule has 0 radical (unpaired) electrons. The standard InChI is InChI=1S/C12H20N2O2/c1-12(2,16-4)11(14-13)9-7-5-6-8-10(9)15-3/h5-8,11,14H,13H2,1-4H3. The monoisotopic (exact) mass is 224 g/mol. The van der Waals surface area contributed by atoms with Crippen molar-refractivity contribution in [1.29, 1.82) is 0 Å². The molecule has 16 heavy (non-hydrogen) atoms. The molecule has 0 spiro atoms. The van der Waals surface area contributed by atoms with Crippen LogP contribution in [-0.4, -0.2) is 19.8 Å². The van der Waals surface area contributed by atoms with Gasteiger partial charge in [0.2, 0.25) is 0 Å². The maximum absolute atomic E-state index is 5.60. The zero-order valence-electron chi connectivity index (χ0n) is 10.3. The second-order valence-corrected chi connectivity index (χ2v) is 4.15. The molecule has 1 rings (SSSR count). The minimum atomic E-state index is -0.413. The van der Waals surface area contributed by atoms with Gasteiger partial charge in [-0.05, 0) is 19.9 Å². The molecule has 0 aliphatic rings. The normalized spacial score (nSPS) is 13.6. The molecule has 0 aromatic heterocycles. The maximum atomic E-state index is 5.60. The molecule has 0 heterocycles. The Morgan fingerprint density at radius 1 is 1.25 bits per heavy atom. The van der Waals surface area contributed by atoms with Crippen LogP contribution in [0.5, 0.6) is 5.75 Å². The van der Waals surface area contributed by atoms with Crippen molar-refractivity contribution >= 4 is 0 Å². The first-order valence-electron chi connectivity index (χ1n) is 5.21. The van der Waals surface area contributed by atoms with Gasteiger partial charge in [-0.25, -0.2) is 5.43 Å². The van der Waals surface area contributed by atoms with Crippen LogP contribution in [0.25, 0.3) is 0 Å². The molecule has 1 atom stereocenters. The Morgan fingerprint density at radius 2 is 1.88 bits per heavy atom. The zero-order chi connectivity index (χ0) is 12.2. The fourth-order valence-electron chi connectivity index (χ4n) is 1.69. The third kappa shape index (κ3) is 2.52. The number of benzene rings is 1. The Kier molecular flexibility index (Phi) is 4.29. The second-order valence-electron chi connectivity index (χ2n) is 4.15. The van der Waals surface area contributed by atoms with Gasteiger partial charge >= 0.3 is 0 Å². The summed E-state index contributed by atoms with van der Waals surface area (Å²) in [4.78, 5) is 0. The number of hydrogen-bond acceptors (Lipinski definition) is 4. The van der Waals surface area contributed by atoms with Gasteiger partial charge in [0.1, 0.15) is 5.75 Å². The predicted molar refractivity (Wildman–Crippen MR) is 64.1 cm³/mol. The molecule has 0 saturated heterocycles. The largest absolute Gasteiger partial charge is 0.496 e. The van der Waals surface area contributed by atoms with Gasteiger partial charge in [0.05, 0.1) is 18.8 Å². The van der Waals surface area contributed by atoms with Crippen LogP contribution < -0.4 is 16.0 Å². The number of methoxy groups -OCH3 is 2. The number of rotatable bonds is 5. The Balaban J connectivity index is 3.13. The molecule has 3 N–H and O–H groups in total. The molecule has 4 heteroatoms. The van der Waals surface area contributed by atoms with Crippen molar-refractivity contribution in [1.82, 2.24) is 5.43 Å². The highest BCUT2D eigenvalue weighted by atomic mass is 16.5. The molecule has 0 bridgehead atoms. The molecular formula is C12H20N2O2. The predicted octanol–water partition coefficient (Wildman–Crippen LogP) is 1.62. The lowest BCUT2D eigenvalue weighted by atomic mass is 9.91.